The molecule has 3 aromatic heterocycles. The molecular formula is C20H18FN7O. The van der Waals surface area contributed by atoms with Gasteiger partial charge in [-0.25, -0.2) is 18.6 Å². The van der Waals surface area contributed by atoms with Gasteiger partial charge in [-0.2, -0.15) is 15.2 Å². The van der Waals surface area contributed by atoms with Crippen molar-refractivity contribution >= 4 is 11.7 Å². The third-order valence-corrected chi connectivity index (χ3v) is 5.15. The van der Waals surface area contributed by atoms with E-state index in [9.17, 15) is 9.18 Å². The molecule has 5 rings (SSSR count). The van der Waals surface area contributed by atoms with Gasteiger partial charge in [0.1, 0.15) is 17.8 Å². The summed E-state index contributed by atoms with van der Waals surface area (Å²) in [5, 5.41) is 11.5. The van der Waals surface area contributed by atoms with Gasteiger partial charge in [-0.3, -0.25) is 4.79 Å². The predicted molar refractivity (Wildman–Crippen MR) is 102 cm³/mol. The average Bonchev–Trinajstić information content (AvgIpc) is 3.35. The van der Waals surface area contributed by atoms with E-state index in [1.165, 1.54) is 12.4 Å². The number of carbonyl (C=O) groups excluding carboxylic acids is 1. The van der Waals surface area contributed by atoms with Crippen LogP contribution in [0.25, 0.3) is 11.5 Å². The van der Waals surface area contributed by atoms with Crippen LogP contribution in [0.15, 0.2) is 49.2 Å². The lowest BCUT2D eigenvalue weighted by molar-refractivity contribution is -0.121. The summed E-state index contributed by atoms with van der Waals surface area (Å²) in [7, 11) is 0. The van der Waals surface area contributed by atoms with Crippen LogP contribution in [0.3, 0.4) is 0 Å². The molecule has 0 saturated carbocycles. The summed E-state index contributed by atoms with van der Waals surface area (Å²) in [5.41, 5.74) is 3.06. The van der Waals surface area contributed by atoms with Crippen LogP contribution in [0.5, 0.6) is 0 Å². The van der Waals surface area contributed by atoms with E-state index >= 15 is 0 Å². The number of nitrogens with one attached hydrogen (secondary N) is 1. The van der Waals surface area contributed by atoms with Crippen molar-refractivity contribution in [2.24, 2.45) is 0 Å². The molecule has 0 fully saturated rings. The van der Waals surface area contributed by atoms with Crippen LogP contribution >= 0.6 is 0 Å². The highest BCUT2D eigenvalue weighted by atomic mass is 19.1. The second-order valence-corrected chi connectivity index (χ2v) is 7.07. The molecule has 29 heavy (non-hydrogen) atoms. The Bertz CT molecular complexity index is 1200. The summed E-state index contributed by atoms with van der Waals surface area (Å²) in [6.45, 7) is 0. The molecule has 0 unspecified atom stereocenters. The Kier molecular flexibility index (Phi) is 4.27. The monoisotopic (exact) mass is 391 g/mol. The van der Waals surface area contributed by atoms with Crippen molar-refractivity contribution in [1.82, 2.24) is 34.7 Å². The average molecular weight is 391 g/mol. The Morgan fingerprint density at radius 3 is 3.00 bits per heavy atom. The van der Waals surface area contributed by atoms with Gasteiger partial charge in [0.05, 0.1) is 18.7 Å². The molecule has 146 valence electrons. The molecule has 1 aliphatic rings. The Morgan fingerprint density at radius 1 is 1.21 bits per heavy atom. The Morgan fingerprint density at radius 2 is 2.10 bits per heavy atom. The molecule has 1 N–H and O–H groups in total. The number of hydrogen-bond acceptors (Lipinski definition) is 5. The lowest BCUT2D eigenvalue weighted by Gasteiger charge is -2.24. The topological polar surface area (TPSA) is 90.0 Å². The normalized spacial score (nSPS) is 16.0. The van der Waals surface area contributed by atoms with Gasteiger partial charge in [0.2, 0.25) is 5.91 Å². The van der Waals surface area contributed by atoms with Crippen molar-refractivity contribution in [2.75, 3.05) is 0 Å². The first kappa shape index (κ1) is 17.5. The SMILES string of the molecule is O=C(Cc1cnc2ncnn2c1)N[C@@H]1CCCc2c1cnn2-c1ccccc1F. The van der Waals surface area contributed by atoms with Gasteiger partial charge in [0.15, 0.2) is 0 Å². The maximum Gasteiger partial charge on any atom is 0.252 e. The molecule has 0 bridgehead atoms. The van der Waals surface area contributed by atoms with Crippen molar-refractivity contribution in [2.45, 2.75) is 31.7 Å². The minimum atomic E-state index is -0.319. The first-order valence-electron chi connectivity index (χ1n) is 9.44. The van der Waals surface area contributed by atoms with Crippen LogP contribution in [-0.2, 0) is 17.6 Å². The second kappa shape index (κ2) is 7.08. The van der Waals surface area contributed by atoms with E-state index in [1.807, 2.05) is 0 Å². The molecule has 0 spiro atoms. The van der Waals surface area contributed by atoms with Crippen LogP contribution in [0.1, 0.15) is 35.7 Å². The molecule has 0 aliphatic heterocycles. The molecule has 9 heteroatoms. The fourth-order valence-electron chi connectivity index (χ4n) is 3.82. The molecule has 1 atom stereocenters. The van der Waals surface area contributed by atoms with E-state index in [4.69, 9.17) is 0 Å². The lowest BCUT2D eigenvalue weighted by atomic mass is 9.92. The van der Waals surface area contributed by atoms with Gasteiger partial charge in [-0.05, 0) is 37.0 Å². The molecule has 0 saturated heterocycles. The number of amides is 1. The van der Waals surface area contributed by atoms with Gasteiger partial charge in [0.25, 0.3) is 5.78 Å². The maximum absolute atomic E-state index is 14.2. The number of rotatable bonds is 4. The third-order valence-electron chi connectivity index (χ3n) is 5.15. The van der Waals surface area contributed by atoms with Crippen LogP contribution in [0, 0.1) is 5.82 Å². The second-order valence-electron chi connectivity index (χ2n) is 7.07. The number of carbonyl (C=O) groups is 1. The van der Waals surface area contributed by atoms with E-state index in [-0.39, 0.29) is 24.2 Å². The highest BCUT2D eigenvalue weighted by molar-refractivity contribution is 5.79. The third kappa shape index (κ3) is 3.24. The predicted octanol–water partition coefficient (Wildman–Crippen LogP) is 2.19. The fraction of sp³-hybridized carbons (Fsp3) is 0.250. The van der Waals surface area contributed by atoms with Crippen LogP contribution in [0.2, 0.25) is 0 Å². The summed E-state index contributed by atoms with van der Waals surface area (Å²) in [6, 6.07) is 6.43. The Balaban J connectivity index is 1.35. The first-order chi connectivity index (χ1) is 14.2. The van der Waals surface area contributed by atoms with Crippen LogP contribution in [0.4, 0.5) is 4.39 Å². The van der Waals surface area contributed by atoms with Crippen LogP contribution < -0.4 is 5.32 Å². The molecule has 1 aliphatic carbocycles. The quantitative estimate of drug-likeness (QED) is 0.576. The zero-order chi connectivity index (χ0) is 19.8. The first-order valence-corrected chi connectivity index (χ1v) is 9.44. The molecule has 1 amide bonds. The highest BCUT2D eigenvalue weighted by Gasteiger charge is 2.26. The van der Waals surface area contributed by atoms with Crippen LogP contribution in [-0.4, -0.2) is 35.3 Å². The van der Waals surface area contributed by atoms with Gasteiger partial charge in [-0.1, -0.05) is 12.1 Å². The van der Waals surface area contributed by atoms with Gasteiger partial charge in [-0.15, -0.1) is 0 Å². The van der Waals surface area contributed by atoms with Crippen molar-refractivity contribution < 1.29 is 9.18 Å². The zero-order valence-electron chi connectivity index (χ0n) is 15.5. The minimum Gasteiger partial charge on any atom is -0.349 e. The zero-order valence-corrected chi connectivity index (χ0v) is 15.5. The van der Waals surface area contributed by atoms with E-state index < -0.39 is 0 Å². The molecule has 4 aromatic rings. The van der Waals surface area contributed by atoms with Crippen molar-refractivity contribution in [3.05, 3.63) is 71.8 Å². The lowest BCUT2D eigenvalue weighted by Crippen LogP contribution is -2.32. The molecule has 3 heterocycles. The number of aromatic nitrogens is 6. The number of fused-ring (bicyclic) bond motifs is 2. The van der Waals surface area contributed by atoms with E-state index in [0.717, 1.165) is 36.1 Å². The number of nitrogens with zero attached hydrogens (tertiary/aromatic N) is 6. The van der Waals surface area contributed by atoms with Gasteiger partial charge >= 0.3 is 0 Å². The van der Waals surface area contributed by atoms with Gasteiger partial charge in [0, 0.05) is 23.7 Å². The number of benzene rings is 1. The standard InChI is InChI=1S/C20H18FN7O/c21-15-4-1-2-6-18(15)28-17-7-3-5-16(14(17)10-24-28)26-19(29)8-13-9-22-20-23-12-25-27(20)11-13/h1-2,4,6,9-12,16H,3,5,7-8H2,(H,26,29)/t16-/m1/s1. The number of hydrogen-bond donors (Lipinski definition) is 1. The van der Waals surface area contributed by atoms with Crippen molar-refractivity contribution in [3.63, 3.8) is 0 Å². The van der Waals surface area contributed by atoms with E-state index in [2.05, 4.69) is 25.5 Å². The largest absolute Gasteiger partial charge is 0.349 e. The fourth-order valence-corrected chi connectivity index (χ4v) is 3.82. The number of para-hydroxylation sites is 1. The van der Waals surface area contributed by atoms with E-state index in [1.54, 1.807) is 46.0 Å². The highest BCUT2D eigenvalue weighted by Crippen LogP contribution is 2.31. The van der Waals surface area contributed by atoms with Gasteiger partial charge < -0.3 is 5.32 Å². The summed E-state index contributed by atoms with van der Waals surface area (Å²) in [6.07, 6.45) is 9.23. The molecular weight excluding hydrogens is 373 g/mol. The smallest absolute Gasteiger partial charge is 0.252 e. The Labute approximate surface area is 165 Å². The summed E-state index contributed by atoms with van der Waals surface area (Å²) < 4.78 is 17.4. The summed E-state index contributed by atoms with van der Waals surface area (Å²) >= 11 is 0. The Hall–Kier alpha value is -3.62. The number of halogens is 1. The van der Waals surface area contributed by atoms with E-state index in [0.29, 0.717) is 11.5 Å². The summed E-state index contributed by atoms with van der Waals surface area (Å²) in [4.78, 5) is 20.8. The molecule has 8 nitrogen and oxygen atoms in total. The molecule has 1 aromatic carbocycles. The molecule has 0 radical (unpaired) electrons. The maximum atomic E-state index is 14.2. The van der Waals surface area contributed by atoms with Crippen molar-refractivity contribution in [3.8, 4) is 5.69 Å². The summed E-state index contributed by atoms with van der Waals surface area (Å²) in [5.74, 6) is 0.0648. The van der Waals surface area contributed by atoms with Crippen molar-refractivity contribution in [1.29, 1.82) is 0 Å². The minimum absolute atomic E-state index is 0.109.